The number of rotatable bonds is 14. The molecule has 0 aromatic heterocycles. The second-order valence-corrected chi connectivity index (χ2v) is 5.03. The Bertz CT molecular complexity index is 485. The van der Waals surface area contributed by atoms with Crippen LogP contribution in [-0.2, 0) is 47.7 Å². The second kappa shape index (κ2) is 14.8. The molecule has 148 valence electrons. The van der Waals surface area contributed by atoms with Crippen LogP contribution in [0.5, 0.6) is 0 Å². The molecule has 0 spiro atoms. The van der Waals surface area contributed by atoms with E-state index < -0.39 is 30.7 Å². The maximum atomic E-state index is 11.4. The number of hydrogen-bond acceptors (Lipinski definition) is 10. The van der Waals surface area contributed by atoms with E-state index in [4.69, 9.17) is 14.2 Å². The molecule has 0 aliphatic carbocycles. The van der Waals surface area contributed by atoms with E-state index in [1.807, 2.05) is 0 Å². The van der Waals surface area contributed by atoms with Crippen molar-refractivity contribution in [2.45, 2.75) is 39.5 Å². The smallest absolute Gasteiger partial charge is 0.309 e. The minimum absolute atomic E-state index is 0.0143. The van der Waals surface area contributed by atoms with Crippen molar-refractivity contribution in [3.05, 3.63) is 0 Å². The predicted molar refractivity (Wildman–Crippen MR) is 84.6 cm³/mol. The van der Waals surface area contributed by atoms with Gasteiger partial charge in [0.25, 0.3) is 0 Å². The van der Waals surface area contributed by atoms with E-state index in [2.05, 4.69) is 9.47 Å². The fourth-order valence-corrected chi connectivity index (χ4v) is 1.41. The molecule has 0 atom stereocenters. The molecule has 0 aromatic carbocycles. The Hall–Kier alpha value is -2.49. The highest BCUT2D eigenvalue weighted by Gasteiger charge is 2.09. The average Bonchev–Trinajstić information content (AvgIpc) is 2.56. The lowest BCUT2D eigenvalue weighted by molar-refractivity contribution is -0.167. The van der Waals surface area contributed by atoms with Gasteiger partial charge in [-0.3, -0.25) is 19.2 Å². The molecule has 0 heterocycles. The summed E-state index contributed by atoms with van der Waals surface area (Å²) >= 11 is 0. The van der Waals surface area contributed by atoms with Crippen LogP contribution in [-0.4, -0.2) is 62.9 Å². The molecular weight excluding hydrogens is 352 g/mol. The minimum Gasteiger partial charge on any atom is -0.463 e. The molecule has 0 amide bonds. The summed E-state index contributed by atoms with van der Waals surface area (Å²) in [6, 6.07) is 0. The highest BCUT2D eigenvalue weighted by molar-refractivity contribution is 5.81. The van der Waals surface area contributed by atoms with E-state index in [1.54, 1.807) is 0 Å². The first-order valence-corrected chi connectivity index (χ1v) is 7.98. The van der Waals surface area contributed by atoms with Gasteiger partial charge in [0.05, 0.1) is 32.5 Å². The van der Waals surface area contributed by atoms with E-state index in [-0.39, 0.29) is 57.9 Å². The SMILES string of the molecule is CC(=O)CCC(=O)OCCOCCOC(=O)CCC(=O)OCOC(C)=O. The Morgan fingerprint density at radius 3 is 1.50 bits per heavy atom. The average molecular weight is 376 g/mol. The van der Waals surface area contributed by atoms with Gasteiger partial charge in [0.1, 0.15) is 19.0 Å². The van der Waals surface area contributed by atoms with Crippen molar-refractivity contribution in [1.82, 2.24) is 0 Å². The summed E-state index contributed by atoms with van der Waals surface area (Å²) in [5, 5.41) is 0. The maximum Gasteiger partial charge on any atom is 0.309 e. The Balaban J connectivity index is 3.48. The van der Waals surface area contributed by atoms with Crippen LogP contribution in [0.1, 0.15) is 39.5 Å². The molecule has 10 heteroatoms. The van der Waals surface area contributed by atoms with Gasteiger partial charge in [-0.2, -0.15) is 0 Å². The van der Waals surface area contributed by atoms with Gasteiger partial charge in [-0.05, 0) is 6.92 Å². The number of ether oxygens (including phenoxy) is 5. The summed E-state index contributed by atoms with van der Waals surface area (Å²) < 4.78 is 23.7. The topological polar surface area (TPSA) is 132 Å². The number of carbonyl (C=O) groups is 5. The molecule has 0 aromatic rings. The number of hydrogen-bond donors (Lipinski definition) is 0. The van der Waals surface area contributed by atoms with Crippen molar-refractivity contribution in [2.24, 2.45) is 0 Å². The summed E-state index contributed by atoms with van der Waals surface area (Å²) in [6.45, 7) is 2.34. The highest BCUT2D eigenvalue weighted by atomic mass is 16.7. The molecule has 0 saturated heterocycles. The van der Waals surface area contributed by atoms with Gasteiger partial charge in [-0.15, -0.1) is 0 Å². The van der Waals surface area contributed by atoms with Crippen molar-refractivity contribution < 1.29 is 47.7 Å². The number of ketones is 1. The number of Topliss-reactive ketones (excluding diaryl/α,β-unsaturated/α-hetero) is 1. The highest BCUT2D eigenvalue weighted by Crippen LogP contribution is 1.97. The van der Waals surface area contributed by atoms with E-state index in [9.17, 15) is 24.0 Å². The van der Waals surface area contributed by atoms with Crippen LogP contribution in [0.3, 0.4) is 0 Å². The van der Waals surface area contributed by atoms with Gasteiger partial charge in [-0.1, -0.05) is 0 Å². The Kier molecular flexibility index (Phi) is 13.4. The quantitative estimate of drug-likeness (QED) is 0.180. The third-order valence-electron chi connectivity index (χ3n) is 2.68. The molecule has 0 N–H and O–H groups in total. The van der Waals surface area contributed by atoms with Crippen molar-refractivity contribution in [3.63, 3.8) is 0 Å². The van der Waals surface area contributed by atoms with E-state index in [1.165, 1.54) is 13.8 Å². The normalized spacial score (nSPS) is 9.92. The maximum absolute atomic E-state index is 11.4. The zero-order chi connectivity index (χ0) is 19.8. The molecule has 26 heavy (non-hydrogen) atoms. The number of carbonyl (C=O) groups excluding carboxylic acids is 5. The van der Waals surface area contributed by atoms with Gasteiger partial charge >= 0.3 is 23.9 Å². The molecular formula is C16H24O10. The van der Waals surface area contributed by atoms with Crippen LogP contribution in [0.25, 0.3) is 0 Å². The fraction of sp³-hybridized carbons (Fsp3) is 0.688. The van der Waals surface area contributed by atoms with Gasteiger partial charge in [0, 0.05) is 13.3 Å². The van der Waals surface area contributed by atoms with E-state index >= 15 is 0 Å². The van der Waals surface area contributed by atoms with E-state index in [0.717, 1.165) is 0 Å². The first-order chi connectivity index (χ1) is 12.3. The molecule has 0 fully saturated rings. The Morgan fingerprint density at radius 1 is 0.577 bits per heavy atom. The van der Waals surface area contributed by atoms with E-state index in [0.29, 0.717) is 0 Å². The molecule has 10 nitrogen and oxygen atoms in total. The summed E-state index contributed by atoms with van der Waals surface area (Å²) in [4.78, 5) is 54.9. The van der Waals surface area contributed by atoms with Crippen LogP contribution in [0.2, 0.25) is 0 Å². The molecule has 0 unspecified atom stereocenters. The predicted octanol–water partition coefficient (Wildman–Crippen LogP) is 0.303. The standard InChI is InChI=1S/C16H24O10/c1-12(17)3-4-14(19)23-9-7-22-8-10-24-15(20)5-6-16(21)26-11-25-13(2)18/h3-11H2,1-2H3. The Labute approximate surface area is 151 Å². The lowest BCUT2D eigenvalue weighted by Crippen LogP contribution is -2.16. The van der Waals surface area contributed by atoms with Crippen LogP contribution < -0.4 is 0 Å². The van der Waals surface area contributed by atoms with Crippen LogP contribution in [0, 0.1) is 0 Å². The van der Waals surface area contributed by atoms with Crippen LogP contribution >= 0.6 is 0 Å². The summed E-state index contributed by atoms with van der Waals surface area (Å²) in [6.07, 6.45) is -0.187. The first-order valence-electron chi connectivity index (χ1n) is 7.98. The third kappa shape index (κ3) is 16.4. The van der Waals surface area contributed by atoms with Crippen molar-refractivity contribution in [1.29, 1.82) is 0 Å². The van der Waals surface area contributed by atoms with Gasteiger partial charge in [0.2, 0.25) is 6.79 Å². The van der Waals surface area contributed by atoms with Gasteiger partial charge in [-0.25, -0.2) is 0 Å². The van der Waals surface area contributed by atoms with Crippen LogP contribution in [0.4, 0.5) is 0 Å². The zero-order valence-corrected chi connectivity index (χ0v) is 14.9. The monoisotopic (exact) mass is 376 g/mol. The molecule has 0 rings (SSSR count). The summed E-state index contributed by atoms with van der Waals surface area (Å²) in [5.41, 5.74) is 0. The van der Waals surface area contributed by atoms with Crippen molar-refractivity contribution in [3.8, 4) is 0 Å². The van der Waals surface area contributed by atoms with Gasteiger partial charge in [0.15, 0.2) is 0 Å². The Morgan fingerprint density at radius 2 is 1.04 bits per heavy atom. The largest absolute Gasteiger partial charge is 0.463 e. The molecule has 0 aliphatic rings. The fourth-order valence-electron chi connectivity index (χ4n) is 1.41. The summed E-state index contributed by atoms with van der Waals surface area (Å²) in [7, 11) is 0. The molecule has 0 radical (unpaired) electrons. The van der Waals surface area contributed by atoms with Crippen molar-refractivity contribution >= 4 is 29.7 Å². The van der Waals surface area contributed by atoms with Crippen LogP contribution in [0.15, 0.2) is 0 Å². The molecule has 0 saturated carbocycles. The first kappa shape index (κ1) is 23.5. The molecule has 0 aliphatic heterocycles. The second-order valence-electron chi connectivity index (χ2n) is 5.03. The third-order valence-corrected chi connectivity index (χ3v) is 2.68. The summed E-state index contributed by atoms with van der Waals surface area (Å²) in [5.74, 6) is -2.43. The number of esters is 4. The van der Waals surface area contributed by atoms with Gasteiger partial charge < -0.3 is 28.5 Å². The molecule has 0 bridgehead atoms. The zero-order valence-electron chi connectivity index (χ0n) is 14.9. The lowest BCUT2D eigenvalue weighted by Gasteiger charge is -2.07. The van der Waals surface area contributed by atoms with Crippen molar-refractivity contribution in [2.75, 3.05) is 33.2 Å². The lowest BCUT2D eigenvalue weighted by atomic mass is 10.2. The minimum atomic E-state index is -0.689.